The Kier molecular flexibility index (Phi) is 14.1. The number of amides is 6. The SMILES string of the molecule is C[C@@H](O)[C@H](NC(=O)[C@@H]1CCCN1)C(=O)N[C@@H](CC(=O)O)C(=O)N[C@@H](CCC(N)=O)C(=O)N[C@@H](CO)C(=O)N1CCC[C@H]1C(=O)O. The summed E-state index contributed by atoms with van der Waals surface area (Å²) in [5.74, 6) is -8.57. The number of primary amides is 1. The van der Waals surface area contributed by atoms with Crippen LogP contribution in [0.5, 0.6) is 0 Å². The van der Waals surface area contributed by atoms with Crippen LogP contribution in [0.2, 0.25) is 0 Å². The third-order valence-electron chi connectivity index (χ3n) is 7.38. The predicted octanol–water partition coefficient (Wildman–Crippen LogP) is -5.13. The molecule has 2 saturated heterocycles. The highest BCUT2D eigenvalue weighted by Crippen LogP contribution is 2.18. The van der Waals surface area contributed by atoms with Gasteiger partial charge in [-0.05, 0) is 45.6 Å². The van der Waals surface area contributed by atoms with Gasteiger partial charge in [0.25, 0.3) is 0 Å². The highest BCUT2D eigenvalue weighted by molar-refractivity contribution is 5.97. The van der Waals surface area contributed by atoms with E-state index in [9.17, 15) is 58.8 Å². The van der Waals surface area contributed by atoms with Crippen molar-refractivity contribution >= 4 is 47.4 Å². The van der Waals surface area contributed by atoms with Crippen LogP contribution in [-0.2, 0) is 38.4 Å². The smallest absolute Gasteiger partial charge is 0.326 e. The molecular formula is C26H41N7O12. The Hall–Kier alpha value is -4.36. The molecule has 0 aliphatic carbocycles. The number of aliphatic hydroxyl groups is 2. The van der Waals surface area contributed by atoms with E-state index in [2.05, 4.69) is 26.6 Å². The molecule has 2 aliphatic heterocycles. The van der Waals surface area contributed by atoms with Crippen molar-refractivity contribution in [3.63, 3.8) is 0 Å². The lowest BCUT2D eigenvalue weighted by Gasteiger charge is -2.28. The lowest BCUT2D eigenvalue weighted by atomic mass is 10.1. The third-order valence-corrected chi connectivity index (χ3v) is 7.38. The van der Waals surface area contributed by atoms with E-state index in [1.54, 1.807) is 0 Å². The van der Waals surface area contributed by atoms with E-state index in [1.807, 2.05) is 0 Å². The molecule has 0 aromatic heterocycles. The average molecular weight is 644 g/mol. The van der Waals surface area contributed by atoms with E-state index in [0.29, 0.717) is 25.8 Å². The number of carboxylic acid groups (broad SMARTS) is 2. The van der Waals surface area contributed by atoms with E-state index >= 15 is 0 Å². The quantitative estimate of drug-likeness (QED) is 0.0710. The summed E-state index contributed by atoms with van der Waals surface area (Å²) in [6.45, 7) is 0.891. The number of nitrogens with two attached hydrogens (primary N) is 1. The van der Waals surface area contributed by atoms with Crippen LogP contribution in [0, 0.1) is 0 Å². The minimum absolute atomic E-state index is 0.0612. The van der Waals surface area contributed by atoms with Gasteiger partial charge in [-0.3, -0.25) is 33.6 Å². The number of carboxylic acids is 2. The van der Waals surface area contributed by atoms with E-state index < -0.39 is 116 Å². The van der Waals surface area contributed by atoms with Crippen LogP contribution >= 0.6 is 0 Å². The summed E-state index contributed by atoms with van der Waals surface area (Å²) >= 11 is 0. The summed E-state index contributed by atoms with van der Waals surface area (Å²) in [6, 6.07) is -8.44. The molecule has 6 amide bonds. The molecule has 2 aliphatic rings. The van der Waals surface area contributed by atoms with Crippen LogP contribution in [0.15, 0.2) is 0 Å². The largest absolute Gasteiger partial charge is 0.481 e. The van der Waals surface area contributed by atoms with Gasteiger partial charge < -0.3 is 57.6 Å². The topological polar surface area (TPSA) is 307 Å². The molecule has 19 heteroatoms. The average Bonchev–Trinajstić information content (AvgIpc) is 3.68. The van der Waals surface area contributed by atoms with Crippen LogP contribution in [0.3, 0.4) is 0 Å². The number of rotatable bonds is 17. The van der Waals surface area contributed by atoms with Crippen molar-refractivity contribution in [2.24, 2.45) is 5.73 Å². The Morgan fingerprint density at radius 2 is 1.51 bits per heavy atom. The monoisotopic (exact) mass is 643 g/mol. The van der Waals surface area contributed by atoms with Crippen LogP contribution in [0.4, 0.5) is 0 Å². The molecule has 0 unspecified atom stereocenters. The zero-order chi connectivity index (χ0) is 33.8. The Bertz CT molecular complexity index is 1140. The fraction of sp³-hybridized carbons (Fsp3) is 0.692. The number of likely N-dealkylation sites (tertiary alicyclic amines) is 1. The highest BCUT2D eigenvalue weighted by Gasteiger charge is 2.39. The Balaban J connectivity index is 2.19. The van der Waals surface area contributed by atoms with Crippen LogP contribution in [-0.4, -0.2) is 135 Å². The Morgan fingerprint density at radius 3 is 2.04 bits per heavy atom. The minimum atomic E-state index is -1.84. The van der Waals surface area contributed by atoms with Gasteiger partial charge in [-0.2, -0.15) is 0 Å². The van der Waals surface area contributed by atoms with Gasteiger partial charge in [0.1, 0.15) is 30.2 Å². The van der Waals surface area contributed by atoms with Crippen molar-refractivity contribution in [2.45, 2.75) is 94.2 Å². The minimum Gasteiger partial charge on any atom is -0.481 e. The molecule has 0 aromatic rings. The van der Waals surface area contributed by atoms with Crippen molar-refractivity contribution in [3.05, 3.63) is 0 Å². The summed E-state index contributed by atoms with van der Waals surface area (Å²) < 4.78 is 0. The maximum absolute atomic E-state index is 13.2. The van der Waals surface area contributed by atoms with Crippen LogP contribution < -0.4 is 32.3 Å². The molecule has 11 N–H and O–H groups in total. The number of aliphatic hydroxyl groups excluding tert-OH is 2. The zero-order valence-corrected chi connectivity index (χ0v) is 24.7. The van der Waals surface area contributed by atoms with E-state index in [1.165, 1.54) is 6.92 Å². The highest BCUT2D eigenvalue weighted by atomic mass is 16.4. The van der Waals surface area contributed by atoms with E-state index in [4.69, 9.17) is 5.73 Å². The first kappa shape index (κ1) is 36.8. The van der Waals surface area contributed by atoms with Gasteiger partial charge in [-0.1, -0.05) is 0 Å². The maximum Gasteiger partial charge on any atom is 0.326 e. The fourth-order valence-corrected chi connectivity index (χ4v) is 4.99. The van der Waals surface area contributed by atoms with E-state index in [-0.39, 0.29) is 13.0 Å². The van der Waals surface area contributed by atoms with Crippen molar-refractivity contribution in [3.8, 4) is 0 Å². The molecular weight excluding hydrogens is 602 g/mol. The standard InChI is InChI=1S/C26H41N7O12/c1-12(35)20(32-21(39)13-4-2-8-28-13)24(42)30-15(10-19(37)38)23(41)29-14(6-7-18(27)36)22(40)31-16(11-34)25(43)33-9-3-5-17(33)26(44)45/h12-17,20,28,34-35H,2-11H2,1H3,(H2,27,36)(H,29,41)(H,30,42)(H,31,40)(H,32,39)(H,37,38)(H,44,45)/t12-,13+,14+,15+,16+,17+,20+/m1/s1. The third kappa shape index (κ3) is 10.9. The Labute approximate surface area is 257 Å². The molecule has 7 atom stereocenters. The van der Waals surface area contributed by atoms with Crippen molar-refractivity contribution in [1.82, 2.24) is 31.5 Å². The van der Waals surface area contributed by atoms with Gasteiger partial charge in [-0.25, -0.2) is 4.79 Å². The first-order valence-electron chi connectivity index (χ1n) is 14.4. The van der Waals surface area contributed by atoms with Gasteiger partial charge in [0.2, 0.25) is 35.4 Å². The number of carbonyl (C=O) groups is 8. The fourth-order valence-electron chi connectivity index (χ4n) is 4.99. The van der Waals surface area contributed by atoms with Gasteiger partial charge >= 0.3 is 11.9 Å². The maximum atomic E-state index is 13.2. The second kappa shape index (κ2) is 17.2. The number of carbonyl (C=O) groups excluding carboxylic acids is 6. The van der Waals surface area contributed by atoms with Gasteiger partial charge in [0, 0.05) is 13.0 Å². The molecule has 45 heavy (non-hydrogen) atoms. The molecule has 0 spiro atoms. The Morgan fingerprint density at radius 1 is 0.889 bits per heavy atom. The summed E-state index contributed by atoms with van der Waals surface area (Å²) in [7, 11) is 0. The number of nitrogens with zero attached hydrogens (tertiary/aromatic N) is 1. The lowest BCUT2D eigenvalue weighted by molar-refractivity contribution is -0.150. The predicted molar refractivity (Wildman–Crippen MR) is 151 cm³/mol. The lowest BCUT2D eigenvalue weighted by Crippen LogP contribution is -2.61. The first-order chi connectivity index (χ1) is 21.2. The van der Waals surface area contributed by atoms with Crippen molar-refractivity contribution in [2.75, 3.05) is 19.7 Å². The molecule has 2 heterocycles. The first-order valence-corrected chi connectivity index (χ1v) is 14.4. The molecule has 0 radical (unpaired) electrons. The number of hydrogen-bond acceptors (Lipinski definition) is 11. The molecule has 19 nitrogen and oxygen atoms in total. The van der Waals surface area contributed by atoms with Crippen LogP contribution in [0.1, 0.15) is 51.9 Å². The normalized spacial score (nSPS) is 21.0. The molecule has 0 saturated carbocycles. The summed E-state index contributed by atoms with van der Waals surface area (Å²) in [5, 5.41) is 50.5. The van der Waals surface area contributed by atoms with E-state index in [0.717, 1.165) is 4.90 Å². The molecule has 252 valence electrons. The molecule has 2 rings (SSSR count). The molecule has 0 aromatic carbocycles. The number of hydrogen-bond donors (Lipinski definition) is 10. The summed E-state index contributed by atoms with van der Waals surface area (Å²) in [4.78, 5) is 100. The number of nitrogens with one attached hydrogen (secondary N) is 5. The van der Waals surface area contributed by atoms with Gasteiger partial charge in [0.05, 0.1) is 25.2 Å². The van der Waals surface area contributed by atoms with Crippen LogP contribution in [0.25, 0.3) is 0 Å². The second-order valence-electron chi connectivity index (χ2n) is 10.9. The van der Waals surface area contributed by atoms with Crippen molar-refractivity contribution < 1.29 is 58.8 Å². The second-order valence-corrected chi connectivity index (χ2v) is 10.9. The summed E-state index contributed by atoms with van der Waals surface area (Å²) in [5.41, 5.74) is 5.17. The molecule has 0 bridgehead atoms. The van der Waals surface area contributed by atoms with Crippen molar-refractivity contribution in [1.29, 1.82) is 0 Å². The van der Waals surface area contributed by atoms with Gasteiger partial charge in [0.15, 0.2) is 0 Å². The number of aliphatic carboxylic acids is 2. The van der Waals surface area contributed by atoms with Gasteiger partial charge in [-0.15, -0.1) is 0 Å². The zero-order valence-electron chi connectivity index (χ0n) is 24.7. The summed E-state index contributed by atoms with van der Waals surface area (Å²) in [6.07, 6.45) is -1.60. The molecule has 2 fully saturated rings.